The van der Waals surface area contributed by atoms with Crippen molar-refractivity contribution in [2.45, 2.75) is 57.4 Å². The van der Waals surface area contributed by atoms with Crippen molar-refractivity contribution in [1.29, 1.82) is 0 Å². The molecule has 0 amide bonds. The highest BCUT2D eigenvalue weighted by atomic mass is 35.5. The average Bonchev–Trinajstić information content (AvgIpc) is 3.52. The summed E-state index contributed by atoms with van der Waals surface area (Å²) in [6.45, 7) is 2.48. The van der Waals surface area contributed by atoms with Gasteiger partial charge in [-0.2, -0.15) is 13.2 Å². The lowest BCUT2D eigenvalue weighted by atomic mass is 10.1. The Morgan fingerprint density at radius 2 is 1.95 bits per heavy atom. The lowest BCUT2D eigenvalue weighted by Crippen LogP contribution is -2.33. The van der Waals surface area contributed by atoms with Crippen molar-refractivity contribution in [3.05, 3.63) is 59.1 Å². The summed E-state index contributed by atoms with van der Waals surface area (Å²) in [7, 11) is 3.59. The Hall–Kier alpha value is -3.02. The van der Waals surface area contributed by atoms with Crippen LogP contribution >= 0.6 is 23.7 Å². The highest BCUT2D eigenvalue weighted by Gasteiger charge is 2.31. The Bertz CT molecular complexity index is 1420. The van der Waals surface area contributed by atoms with Gasteiger partial charge < -0.3 is 15.0 Å². The van der Waals surface area contributed by atoms with Gasteiger partial charge in [0.2, 0.25) is 0 Å². The van der Waals surface area contributed by atoms with Crippen LogP contribution in [0.25, 0.3) is 21.5 Å². The van der Waals surface area contributed by atoms with Gasteiger partial charge in [0, 0.05) is 48.5 Å². The summed E-state index contributed by atoms with van der Waals surface area (Å²) >= 11 is 1.09. The monoisotopic (exact) mass is 578 g/mol. The second-order valence-electron chi connectivity index (χ2n) is 9.64. The molecule has 1 aliphatic rings. The molecule has 0 aromatic carbocycles. The third-order valence-electron chi connectivity index (χ3n) is 6.86. The average molecular weight is 579 g/mol. The van der Waals surface area contributed by atoms with Crippen LogP contribution in [0.3, 0.4) is 0 Å². The molecule has 5 rings (SSSR count). The molecule has 0 aliphatic heterocycles. The minimum Gasteiger partial charge on any atom is -0.495 e. The number of aryl methyl sites for hydroxylation is 1. The van der Waals surface area contributed by atoms with Gasteiger partial charge in [0.15, 0.2) is 0 Å². The number of fused-ring (bicyclic) bond motifs is 1. The van der Waals surface area contributed by atoms with Gasteiger partial charge in [-0.1, -0.05) is 6.07 Å². The van der Waals surface area contributed by atoms with Crippen molar-refractivity contribution in [3.8, 4) is 17.0 Å². The van der Waals surface area contributed by atoms with Gasteiger partial charge in [0.1, 0.15) is 22.2 Å². The van der Waals surface area contributed by atoms with Crippen molar-refractivity contribution in [2.24, 2.45) is 0 Å². The van der Waals surface area contributed by atoms with Crippen LogP contribution in [0.2, 0.25) is 0 Å². The van der Waals surface area contributed by atoms with E-state index >= 15 is 0 Å². The zero-order valence-electron chi connectivity index (χ0n) is 21.8. The molecule has 0 unspecified atom stereocenters. The van der Waals surface area contributed by atoms with Crippen LogP contribution < -0.4 is 15.0 Å². The number of hydrogen-bond donors (Lipinski definition) is 1. The summed E-state index contributed by atoms with van der Waals surface area (Å²) in [5.74, 6) is 1.96. The molecule has 7 nitrogen and oxygen atoms in total. The largest absolute Gasteiger partial charge is 0.495 e. The first-order valence-electron chi connectivity index (χ1n) is 12.4. The van der Waals surface area contributed by atoms with E-state index in [1.807, 2.05) is 25.4 Å². The van der Waals surface area contributed by atoms with E-state index in [0.717, 1.165) is 47.4 Å². The number of halogens is 4. The molecule has 4 aromatic rings. The van der Waals surface area contributed by atoms with Gasteiger partial charge in [-0.05, 0) is 49.9 Å². The van der Waals surface area contributed by atoms with Crippen molar-refractivity contribution in [3.63, 3.8) is 0 Å². The fourth-order valence-electron chi connectivity index (χ4n) is 4.91. The summed E-state index contributed by atoms with van der Waals surface area (Å²) in [5.41, 5.74) is 2.82. The number of thiophene rings is 1. The molecule has 12 heteroatoms. The number of rotatable bonds is 8. The first kappa shape index (κ1) is 29.0. The van der Waals surface area contributed by atoms with E-state index < -0.39 is 12.6 Å². The molecular formula is C27H30ClF3N6OS. The summed E-state index contributed by atoms with van der Waals surface area (Å²) in [4.78, 5) is 20.8. The number of methoxy groups -OCH3 is 1. The number of anilines is 1. The van der Waals surface area contributed by atoms with Gasteiger partial charge in [-0.15, -0.1) is 23.7 Å². The predicted molar refractivity (Wildman–Crippen MR) is 150 cm³/mol. The first-order valence-corrected chi connectivity index (χ1v) is 13.2. The van der Waals surface area contributed by atoms with Crippen molar-refractivity contribution >= 4 is 39.8 Å². The Morgan fingerprint density at radius 1 is 1.13 bits per heavy atom. The van der Waals surface area contributed by atoms with Crippen LogP contribution in [0.4, 0.5) is 19.0 Å². The Labute approximate surface area is 235 Å². The third-order valence-corrected chi connectivity index (χ3v) is 7.89. The molecule has 2 atom stereocenters. The normalized spacial score (nSPS) is 17.3. The maximum absolute atomic E-state index is 13.0. The third kappa shape index (κ3) is 6.95. The number of nitrogens with zero attached hydrogens (tertiary/aromatic N) is 5. The van der Waals surface area contributed by atoms with Gasteiger partial charge >= 0.3 is 6.18 Å². The van der Waals surface area contributed by atoms with Crippen LogP contribution in [-0.4, -0.2) is 52.4 Å². The lowest BCUT2D eigenvalue weighted by Gasteiger charge is -2.26. The molecule has 0 spiro atoms. The van der Waals surface area contributed by atoms with E-state index in [0.29, 0.717) is 40.2 Å². The Morgan fingerprint density at radius 3 is 2.67 bits per heavy atom. The van der Waals surface area contributed by atoms with Crippen LogP contribution in [0, 0.1) is 6.92 Å². The number of aromatic nitrogens is 4. The smallest absolute Gasteiger partial charge is 0.393 e. The number of ether oxygens (including phenoxy) is 1. The Kier molecular flexibility index (Phi) is 8.93. The maximum Gasteiger partial charge on any atom is 0.393 e. The van der Waals surface area contributed by atoms with Crippen LogP contribution in [0.1, 0.15) is 35.5 Å². The van der Waals surface area contributed by atoms with E-state index in [9.17, 15) is 13.2 Å². The standard InChI is InChI=1S/C27H29F3N6OS.ClH/c1-16-34-25(23-10-22(11-27(28,29)30)38-26(23)35-16)36(2)20-6-5-19(9-20)32-12-17-4-7-24(33-13-17)18-8-21(37-3)15-31-14-18;/h4,7-8,10,13-15,19-20,32H,5-6,9,11-12H2,1-3H3;1H/t19-,20+;/m0./s1. The highest BCUT2D eigenvalue weighted by molar-refractivity contribution is 7.18. The van der Waals surface area contributed by atoms with Gasteiger partial charge in [0.25, 0.3) is 0 Å². The summed E-state index contributed by atoms with van der Waals surface area (Å²) in [6.07, 6.45) is 2.99. The fourth-order valence-corrected chi connectivity index (χ4v) is 6.01. The molecule has 0 bridgehead atoms. The molecule has 0 radical (unpaired) electrons. The molecule has 208 valence electrons. The molecule has 0 saturated heterocycles. The summed E-state index contributed by atoms with van der Waals surface area (Å²) in [6, 6.07) is 8.10. The quantitative estimate of drug-likeness (QED) is 0.269. The lowest BCUT2D eigenvalue weighted by molar-refractivity contribution is -0.126. The predicted octanol–water partition coefficient (Wildman–Crippen LogP) is 6.14. The first-order chi connectivity index (χ1) is 18.2. The van der Waals surface area contributed by atoms with Gasteiger partial charge in [0.05, 0.1) is 30.8 Å². The number of hydrogen-bond acceptors (Lipinski definition) is 8. The van der Waals surface area contributed by atoms with E-state index in [2.05, 4.69) is 36.2 Å². The van der Waals surface area contributed by atoms with Crippen molar-refractivity contribution < 1.29 is 17.9 Å². The van der Waals surface area contributed by atoms with Crippen LogP contribution in [0.5, 0.6) is 5.75 Å². The van der Waals surface area contributed by atoms with Crippen molar-refractivity contribution in [1.82, 2.24) is 25.3 Å². The minimum atomic E-state index is -4.25. The van der Waals surface area contributed by atoms with E-state index in [4.69, 9.17) is 4.74 Å². The second kappa shape index (κ2) is 12.0. The molecule has 1 saturated carbocycles. The zero-order valence-corrected chi connectivity index (χ0v) is 23.5. The minimum absolute atomic E-state index is 0. The Balaban J connectivity index is 0.00000353. The molecule has 1 fully saturated rings. The zero-order chi connectivity index (χ0) is 26.9. The molecule has 39 heavy (non-hydrogen) atoms. The summed E-state index contributed by atoms with van der Waals surface area (Å²) in [5, 5.41) is 4.33. The molecule has 1 N–H and O–H groups in total. The topological polar surface area (TPSA) is 76.1 Å². The maximum atomic E-state index is 13.0. The van der Waals surface area contributed by atoms with Crippen LogP contribution in [0.15, 0.2) is 42.9 Å². The van der Waals surface area contributed by atoms with Crippen molar-refractivity contribution in [2.75, 3.05) is 19.1 Å². The van der Waals surface area contributed by atoms with E-state index in [-0.39, 0.29) is 23.3 Å². The number of nitrogens with one attached hydrogen (secondary N) is 1. The SMILES string of the molecule is COc1cncc(-c2ccc(CN[C@H]3CC[C@@H](N(C)c4nc(C)nc5sc(CC(F)(F)F)cc45)C3)cn2)c1.Cl. The highest BCUT2D eigenvalue weighted by Crippen LogP contribution is 2.36. The molecular weight excluding hydrogens is 549 g/mol. The molecule has 1 aliphatic carbocycles. The van der Waals surface area contributed by atoms with E-state index in [1.165, 1.54) is 0 Å². The van der Waals surface area contributed by atoms with E-state index in [1.54, 1.807) is 32.5 Å². The number of alkyl halides is 3. The second-order valence-corrected chi connectivity index (χ2v) is 10.8. The fraction of sp³-hybridized carbons (Fsp3) is 0.407. The van der Waals surface area contributed by atoms with Gasteiger partial charge in [-0.25, -0.2) is 9.97 Å². The summed E-state index contributed by atoms with van der Waals surface area (Å²) < 4.78 is 44.1. The van der Waals surface area contributed by atoms with Crippen LogP contribution in [-0.2, 0) is 13.0 Å². The van der Waals surface area contributed by atoms with Gasteiger partial charge in [-0.3, -0.25) is 9.97 Å². The molecule has 4 heterocycles. The number of pyridine rings is 2. The molecule has 4 aromatic heterocycles.